The van der Waals surface area contributed by atoms with Crippen LogP contribution in [0.1, 0.15) is 37.1 Å². The summed E-state index contributed by atoms with van der Waals surface area (Å²) in [6.45, 7) is 6.53. The highest BCUT2D eigenvalue weighted by atomic mass is 16.5. The van der Waals surface area contributed by atoms with Gasteiger partial charge in [0.15, 0.2) is 5.96 Å². The Morgan fingerprint density at radius 2 is 2.15 bits per heavy atom. The van der Waals surface area contributed by atoms with Crippen LogP contribution >= 0.6 is 0 Å². The molecule has 146 valence electrons. The molecule has 1 fully saturated rings. The average molecular weight is 371 g/mol. The summed E-state index contributed by atoms with van der Waals surface area (Å²) in [7, 11) is 1.72. The molecule has 7 heteroatoms. The molecule has 1 saturated heterocycles. The molecule has 0 amide bonds. The fourth-order valence-corrected chi connectivity index (χ4v) is 3.43. The summed E-state index contributed by atoms with van der Waals surface area (Å²) >= 11 is 0. The van der Waals surface area contributed by atoms with Crippen molar-refractivity contribution in [2.24, 2.45) is 4.99 Å². The number of H-pyrrole nitrogens is 1. The number of likely N-dealkylation sites (tertiary alicyclic amines) is 1. The molecule has 0 saturated carbocycles. The molecule has 1 aliphatic heterocycles. The summed E-state index contributed by atoms with van der Waals surface area (Å²) < 4.78 is 5.43. The Morgan fingerprint density at radius 1 is 1.30 bits per heavy atom. The van der Waals surface area contributed by atoms with Gasteiger partial charge < -0.3 is 15.4 Å². The third kappa shape index (κ3) is 5.47. The molecular weight excluding hydrogens is 340 g/mol. The van der Waals surface area contributed by atoms with Gasteiger partial charge in [0.05, 0.1) is 25.4 Å². The van der Waals surface area contributed by atoms with Crippen LogP contribution in [0, 0.1) is 0 Å². The van der Waals surface area contributed by atoms with Crippen LogP contribution in [-0.2, 0) is 6.54 Å². The number of ether oxygens (including phenoxy) is 1. The maximum absolute atomic E-state index is 5.43. The molecule has 1 aliphatic rings. The van der Waals surface area contributed by atoms with Crippen LogP contribution in [0.5, 0.6) is 5.75 Å². The lowest BCUT2D eigenvalue weighted by molar-refractivity contribution is 0.245. The third-order valence-electron chi connectivity index (χ3n) is 4.83. The van der Waals surface area contributed by atoms with E-state index < -0.39 is 0 Å². The fraction of sp³-hybridized carbons (Fsp3) is 0.500. The monoisotopic (exact) mass is 370 g/mol. The first-order valence-corrected chi connectivity index (χ1v) is 9.68. The minimum atomic E-state index is 0.290. The zero-order valence-corrected chi connectivity index (χ0v) is 16.2. The number of rotatable bonds is 8. The van der Waals surface area contributed by atoms with Gasteiger partial charge >= 0.3 is 0 Å². The molecule has 3 N–H and O–H groups in total. The molecule has 1 atom stereocenters. The highest BCUT2D eigenvalue weighted by Gasteiger charge is 2.24. The van der Waals surface area contributed by atoms with Gasteiger partial charge in [0.1, 0.15) is 5.75 Å². The second kappa shape index (κ2) is 9.97. The van der Waals surface area contributed by atoms with E-state index in [1.54, 1.807) is 13.3 Å². The van der Waals surface area contributed by atoms with Crippen LogP contribution in [0.4, 0.5) is 0 Å². The van der Waals surface area contributed by atoms with Crippen molar-refractivity contribution in [2.75, 3.05) is 33.3 Å². The van der Waals surface area contributed by atoms with Crippen LogP contribution in [-0.4, -0.2) is 54.3 Å². The summed E-state index contributed by atoms with van der Waals surface area (Å²) in [6.07, 6.45) is 4.26. The second-order valence-electron chi connectivity index (χ2n) is 6.69. The molecule has 0 spiro atoms. The van der Waals surface area contributed by atoms with Crippen molar-refractivity contribution in [3.05, 3.63) is 47.8 Å². The molecule has 7 nitrogen and oxygen atoms in total. The van der Waals surface area contributed by atoms with Gasteiger partial charge in [0, 0.05) is 19.3 Å². The standard InChI is InChI=1S/C20H30N6O/c1-3-21-20(22-14-17-9-10-24-25-17)23-15-19(26-11-4-5-12-26)16-7-6-8-18(13-16)27-2/h6-10,13,19H,3-5,11-12,14-15H2,1-2H3,(H,24,25)(H2,21,22,23). The number of aliphatic imine (C=N–C) groups is 1. The number of nitrogens with zero attached hydrogens (tertiary/aromatic N) is 3. The van der Waals surface area contributed by atoms with Crippen LogP contribution in [0.2, 0.25) is 0 Å². The van der Waals surface area contributed by atoms with Gasteiger partial charge in [0.25, 0.3) is 0 Å². The van der Waals surface area contributed by atoms with Crippen LogP contribution in [0.15, 0.2) is 41.5 Å². The first-order valence-electron chi connectivity index (χ1n) is 9.68. The molecule has 0 bridgehead atoms. The first-order chi connectivity index (χ1) is 13.3. The molecule has 0 radical (unpaired) electrons. The molecule has 1 aromatic heterocycles. The Kier molecular flexibility index (Phi) is 7.10. The van der Waals surface area contributed by atoms with E-state index >= 15 is 0 Å². The summed E-state index contributed by atoms with van der Waals surface area (Å²) in [4.78, 5) is 7.20. The Balaban J connectivity index is 1.70. The lowest BCUT2D eigenvalue weighted by Gasteiger charge is -2.29. The van der Waals surface area contributed by atoms with Crippen molar-refractivity contribution < 1.29 is 4.74 Å². The molecular formula is C20H30N6O. The van der Waals surface area contributed by atoms with Gasteiger partial charge in [-0.3, -0.25) is 10.00 Å². The summed E-state index contributed by atoms with van der Waals surface area (Å²) in [5.74, 6) is 1.72. The van der Waals surface area contributed by atoms with E-state index in [9.17, 15) is 0 Å². The topological polar surface area (TPSA) is 77.6 Å². The summed E-state index contributed by atoms with van der Waals surface area (Å²) in [5.41, 5.74) is 2.27. The van der Waals surface area contributed by atoms with Gasteiger partial charge in [-0.2, -0.15) is 5.10 Å². The third-order valence-corrected chi connectivity index (χ3v) is 4.83. The second-order valence-corrected chi connectivity index (χ2v) is 6.69. The van der Waals surface area contributed by atoms with E-state index in [1.165, 1.54) is 18.4 Å². The molecule has 0 aliphatic carbocycles. The van der Waals surface area contributed by atoms with Crippen LogP contribution in [0.25, 0.3) is 0 Å². The van der Waals surface area contributed by atoms with Gasteiger partial charge in [-0.15, -0.1) is 0 Å². The predicted octanol–water partition coefficient (Wildman–Crippen LogP) is 2.31. The van der Waals surface area contributed by atoms with Crippen LogP contribution in [0.3, 0.4) is 0 Å². The predicted molar refractivity (Wildman–Crippen MR) is 108 cm³/mol. The maximum Gasteiger partial charge on any atom is 0.191 e. The average Bonchev–Trinajstić information content (AvgIpc) is 3.40. The molecule has 27 heavy (non-hydrogen) atoms. The first kappa shape index (κ1) is 19.2. The number of nitrogens with one attached hydrogen (secondary N) is 3. The number of aromatic nitrogens is 2. The molecule has 1 aromatic carbocycles. The van der Waals surface area contributed by atoms with Gasteiger partial charge in [-0.1, -0.05) is 12.1 Å². The van der Waals surface area contributed by atoms with Gasteiger partial charge in [-0.05, 0) is 56.6 Å². The minimum Gasteiger partial charge on any atom is -0.497 e. The van der Waals surface area contributed by atoms with Gasteiger partial charge in [0.2, 0.25) is 0 Å². The maximum atomic E-state index is 5.43. The van der Waals surface area contributed by atoms with Crippen molar-refractivity contribution in [1.29, 1.82) is 0 Å². The Morgan fingerprint density at radius 3 is 2.85 bits per heavy atom. The number of hydrogen-bond donors (Lipinski definition) is 3. The van der Waals surface area contributed by atoms with Crippen LogP contribution < -0.4 is 15.4 Å². The lowest BCUT2D eigenvalue weighted by Crippen LogP contribution is -2.42. The summed E-state index contributed by atoms with van der Waals surface area (Å²) in [6, 6.07) is 10.6. The highest BCUT2D eigenvalue weighted by Crippen LogP contribution is 2.27. The fourth-order valence-electron chi connectivity index (χ4n) is 3.43. The quantitative estimate of drug-likeness (QED) is 0.491. The number of benzene rings is 1. The van der Waals surface area contributed by atoms with Crippen molar-refractivity contribution >= 4 is 5.96 Å². The Hall–Kier alpha value is -2.54. The number of hydrogen-bond acceptors (Lipinski definition) is 4. The normalized spacial score (nSPS) is 16.3. The Bertz CT molecular complexity index is 709. The van der Waals surface area contributed by atoms with Gasteiger partial charge in [-0.25, -0.2) is 4.99 Å². The summed E-state index contributed by atoms with van der Waals surface area (Å²) in [5, 5.41) is 13.8. The van der Waals surface area contributed by atoms with E-state index in [-0.39, 0.29) is 0 Å². The van der Waals surface area contributed by atoms with Crippen molar-refractivity contribution in [1.82, 2.24) is 25.7 Å². The zero-order chi connectivity index (χ0) is 18.9. The smallest absolute Gasteiger partial charge is 0.191 e. The number of guanidine groups is 1. The lowest BCUT2D eigenvalue weighted by atomic mass is 10.1. The van der Waals surface area contributed by atoms with Crippen molar-refractivity contribution in [3.63, 3.8) is 0 Å². The number of methoxy groups -OCH3 is 1. The largest absolute Gasteiger partial charge is 0.497 e. The highest BCUT2D eigenvalue weighted by molar-refractivity contribution is 5.79. The molecule has 2 aromatic rings. The molecule has 1 unspecified atom stereocenters. The van der Waals surface area contributed by atoms with E-state index in [4.69, 9.17) is 4.74 Å². The van der Waals surface area contributed by atoms with E-state index in [1.807, 2.05) is 12.1 Å². The number of aromatic amines is 1. The van der Waals surface area contributed by atoms with Crippen molar-refractivity contribution in [3.8, 4) is 5.75 Å². The zero-order valence-electron chi connectivity index (χ0n) is 16.2. The van der Waals surface area contributed by atoms with E-state index in [0.717, 1.165) is 43.6 Å². The molecule has 3 rings (SSSR count). The van der Waals surface area contributed by atoms with Crippen molar-refractivity contribution in [2.45, 2.75) is 32.4 Å². The minimum absolute atomic E-state index is 0.290. The van der Waals surface area contributed by atoms with E-state index in [2.05, 4.69) is 55.8 Å². The molecule has 2 heterocycles. The SMILES string of the molecule is CCNC(=NCc1ccn[nH]1)NCC(c1cccc(OC)c1)N1CCCC1. The van der Waals surface area contributed by atoms with E-state index in [0.29, 0.717) is 12.6 Å². The Labute approximate surface area is 161 Å².